The quantitative estimate of drug-likeness (QED) is 0.853. The van der Waals surface area contributed by atoms with Gasteiger partial charge in [0.25, 0.3) is 5.91 Å². The first-order valence-electron chi connectivity index (χ1n) is 7.94. The zero-order valence-electron chi connectivity index (χ0n) is 14.0. The fourth-order valence-electron chi connectivity index (χ4n) is 2.97. The fourth-order valence-corrected chi connectivity index (χ4v) is 3.90. The first-order valence-corrected chi connectivity index (χ1v) is 8.82. The molecule has 0 bridgehead atoms. The van der Waals surface area contributed by atoms with E-state index in [0.717, 1.165) is 24.4 Å². The minimum atomic E-state index is 0.0304. The second-order valence-corrected chi connectivity index (χ2v) is 7.08. The van der Waals surface area contributed by atoms with Gasteiger partial charge in [0.1, 0.15) is 5.75 Å². The molecule has 0 aliphatic carbocycles. The van der Waals surface area contributed by atoms with Gasteiger partial charge in [-0.2, -0.15) is 0 Å². The summed E-state index contributed by atoms with van der Waals surface area (Å²) in [5.74, 6) is 1.21. The second-order valence-electron chi connectivity index (χ2n) is 6.22. The fraction of sp³-hybridized carbons (Fsp3) is 0.444. The van der Waals surface area contributed by atoms with Crippen molar-refractivity contribution < 1.29 is 9.53 Å². The molecule has 2 aromatic rings. The van der Waals surface area contributed by atoms with E-state index in [1.807, 2.05) is 22.4 Å². The Balaban J connectivity index is 1.87. The second kappa shape index (κ2) is 6.32. The highest BCUT2D eigenvalue weighted by molar-refractivity contribution is 7.11. The van der Waals surface area contributed by atoms with Crippen LogP contribution >= 0.6 is 11.3 Å². The van der Waals surface area contributed by atoms with Gasteiger partial charge in [-0.15, -0.1) is 11.3 Å². The van der Waals surface area contributed by atoms with Crippen LogP contribution in [-0.2, 0) is 6.42 Å². The lowest BCUT2D eigenvalue weighted by Crippen LogP contribution is -2.38. The summed E-state index contributed by atoms with van der Waals surface area (Å²) in [4.78, 5) is 19.3. The lowest BCUT2D eigenvalue weighted by molar-refractivity contribution is 0.0676. The lowest BCUT2D eigenvalue weighted by Gasteiger charge is -2.35. The van der Waals surface area contributed by atoms with Gasteiger partial charge in [-0.1, -0.05) is 19.9 Å². The van der Waals surface area contributed by atoms with Crippen LogP contribution in [0.5, 0.6) is 5.75 Å². The average molecular weight is 330 g/mol. The van der Waals surface area contributed by atoms with E-state index in [-0.39, 0.29) is 11.9 Å². The first-order chi connectivity index (χ1) is 11.0. The molecule has 23 heavy (non-hydrogen) atoms. The maximum Gasteiger partial charge on any atom is 0.283 e. The number of methoxy groups -OCH3 is 1. The van der Waals surface area contributed by atoms with Gasteiger partial charge in [0.15, 0.2) is 5.01 Å². The highest BCUT2D eigenvalue weighted by Crippen LogP contribution is 2.33. The number of carbonyl (C=O) groups is 1. The Bertz CT molecular complexity index is 724. The van der Waals surface area contributed by atoms with E-state index < -0.39 is 0 Å². The molecule has 1 amide bonds. The van der Waals surface area contributed by atoms with E-state index in [0.29, 0.717) is 10.9 Å². The molecular formula is C18H22N2O2S. The number of rotatable bonds is 3. The van der Waals surface area contributed by atoms with Crippen molar-refractivity contribution in [2.75, 3.05) is 13.7 Å². The molecular weight excluding hydrogens is 308 g/mol. The van der Waals surface area contributed by atoms with Crippen molar-refractivity contribution >= 4 is 17.2 Å². The first kappa shape index (κ1) is 16.0. The molecule has 4 nitrogen and oxygen atoms in total. The number of aromatic nitrogens is 1. The van der Waals surface area contributed by atoms with E-state index in [1.165, 1.54) is 22.5 Å². The Kier molecular flexibility index (Phi) is 4.39. The van der Waals surface area contributed by atoms with Crippen LogP contribution in [0.15, 0.2) is 23.6 Å². The summed E-state index contributed by atoms with van der Waals surface area (Å²) < 4.78 is 5.32. The molecule has 1 atom stereocenters. The number of fused-ring (bicyclic) bond motifs is 1. The summed E-state index contributed by atoms with van der Waals surface area (Å²) in [5, 5.41) is 2.58. The third-order valence-corrected chi connectivity index (χ3v) is 5.30. The van der Waals surface area contributed by atoms with Gasteiger partial charge in [0, 0.05) is 11.9 Å². The number of thiazole rings is 1. The normalized spacial score (nSPS) is 17.3. The summed E-state index contributed by atoms with van der Waals surface area (Å²) >= 11 is 1.44. The summed E-state index contributed by atoms with van der Waals surface area (Å²) in [6.07, 6.45) is 0.873. The van der Waals surface area contributed by atoms with Crippen molar-refractivity contribution in [3.05, 3.63) is 45.4 Å². The number of ether oxygens (including phenoxy) is 1. The van der Waals surface area contributed by atoms with E-state index in [4.69, 9.17) is 4.74 Å². The third-order valence-electron chi connectivity index (χ3n) is 4.45. The molecule has 1 aliphatic rings. The van der Waals surface area contributed by atoms with Crippen LogP contribution in [0.1, 0.15) is 59.4 Å². The zero-order valence-corrected chi connectivity index (χ0v) is 14.8. The number of nitrogens with zero attached hydrogens (tertiary/aromatic N) is 2. The van der Waals surface area contributed by atoms with Gasteiger partial charge in [-0.25, -0.2) is 4.98 Å². The van der Waals surface area contributed by atoms with Crippen LogP contribution in [0, 0.1) is 0 Å². The number of benzene rings is 1. The molecule has 3 rings (SSSR count). The lowest BCUT2D eigenvalue weighted by atomic mass is 9.93. The van der Waals surface area contributed by atoms with Crippen LogP contribution in [0.4, 0.5) is 0 Å². The van der Waals surface area contributed by atoms with Crippen molar-refractivity contribution in [1.29, 1.82) is 0 Å². The molecule has 0 saturated carbocycles. The molecule has 0 radical (unpaired) electrons. The molecule has 0 unspecified atom stereocenters. The number of amides is 1. The molecule has 5 heteroatoms. The standard InChI is InChI=1S/C18H22N2O2S/c1-11(2)16-10-23-17(19-16)18(21)20-8-7-13-5-6-14(22-4)9-15(13)12(20)3/h5-6,9-12H,7-8H2,1-4H3/t12-/m0/s1. The van der Waals surface area contributed by atoms with Crippen molar-refractivity contribution in [3.8, 4) is 5.75 Å². The van der Waals surface area contributed by atoms with E-state index >= 15 is 0 Å². The van der Waals surface area contributed by atoms with E-state index in [9.17, 15) is 4.79 Å². The summed E-state index contributed by atoms with van der Waals surface area (Å²) in [6, 6.07) is 6.17. The van der Waals surface area contributed by atoms with E-state index in [2.05, 4.69) is 31.8 Å². The molecule has 122 valence electrons. The topological polar surface area (TPSA) is 42.4 Å². The zero-order chi connectivity index (χ0) is 16.6. The molecule has 2 heterocycles. The minimum absolute atomic E-state index is 0.0304. The van der Waals surface area contributed by atoms with E-state index in [1.54, 1.807) is 7.11 Å². The molecule has 0 fully saturated rings. The van der Waals surface area contributed by atoms with Crippen molar-refractivity contribution in [3.63, 3.8) is 0 Å². The van der Waals surface area contributed by atoms with Crippen LogP contribution in [-0.4, -0.2) is 29.4 Å². The Hall–Kier alpha value is -1.88. The SMILES string of the molecule is COc1ccc2c(c1)[C@H](C)N(C(=O)c1nc(C(C)C)cs1)CC2. The molecule has 0 N–H and O–H groups in total. The monoisotopic (exact) mass is 330 g/mol. The van der Waals surface area contributed by atoms with Crippen LogP contribution in [0.2, 0.25) is 0 Å². The summed E-state index contributed by atoms with van der Waals surface area (Å²) in [6.45, 7) is 6.99. The highest BCUT2D eigenvalue weighted by atomic mass is 32.1. The molecule has 1 aliphatic heterocycles. The van der Waals surface area contributed by atoms with Gasteiger partial charge in [0.2, 0.25) is 0 Å². The van der Waals surface area contributed by atoms with Gasteiger partial charge >= 0.3 is 0 Å². The Morgan fingerprint density at radius 3 is 2.87 bits per heavy atom. The third kappa shape index (κ3) is 2.98. The number of hydrogen-bond acceptors (Lipinski definition) is 4. The predicted octanol–water partition coefficient (Wildman–Crippen LogP) is 4.03. The maximum absolute atomic E-state index is 12.9. The van der Waals surface area contributed by atoms with Crippen LogP contribution < -0.4 is 4.74 Å². The van der Waals surface area contributed by atoms with Gasteiger partial charge in [0.05, 0.1) is 18.8 Å². The molecule has 1 aromatic carbocycles. The summed E-state index contributed by atoms with van der Waals surface area (Å²) in [7, 11) is 1.67. The summed E-state index contributed by atoms with van der Waals surface area (Å²) in [5.41, 5.74) is 3.46. The Morgan fingerprint density at radius 1 is 1.43 bits per heavy atom. The number of carbonyl (C=O) groups excluding carboxylic acids is 1. The van der Waals surface area contributed by atoms with Gasteiger partial charge < -0.3 is 9.64 Å². The maximum atomic E-state index is 12.9. The smallest absolute Gasteiger partial charge is 0.283 e. The van der Waals surface area contributed by atoms with Crippen molar-refractivity contribution in [1.82, 2.24) is 9.88 Å². The van der Waals surface area contributed by atoms with Gasteiger partial charge in [-0.3, -0.25) is 4.79 Å². The number of hydrogen-bond donors (Lipinski definition) is 0. The van der Waals surface area contributed by atoms with Crippen LogP contribution in [0.25, 0.3) is 0 Å². The van der Waals surface area contributed by atoms with Gasteiger partial charge in [-0.05, 0) is 42.5 Å². The van der Waals surface area contributed by atoms with Crippen molar-refractivity contribution in [2.45, 2.75) is 39.2 Å². The Morgan fingerprint density at radius 2 is 2.22 bits per heavy atom. The largest absolute Gasteiger partial charge is 0.497 e. The Labute approximate surface area is 141 Å². The molecule has 0 saturated heterocycles. The average Bonchev–Trinajstić information content (AvgIpc) is 3.05. The molecule has 0 spiro atoms. The molecule has 1 aromatic heterocycles. The van der Waals surface area contributed by atoms with Crippen molar-refractivity contribution in [2.24, 2.45) is 0 Å². The predicted molar refractivity (Wildman–Crippen MR) is 92.4 cm³/mol. The van der Waals surface area contributed by atoms with Crippen LogP contribution in [0.3, 0.4) is 0 Å². The minimum Gasteiger partial charge on any atom is -0.497 e. The highest BCUT2D eigenvalue weighted by Gasteiger charge is 2.30.